The molecule has 0 radical (unpaired) electrons. The lowest BCUT2D eigenvalue weighted by Gasteiger charge is -2.18. The van der Waals surface area contributed by atoms with Crippen molar-refractivity contribution in [1.29, 1.82) is 0 Å². The summed E-state index contributed by atoms with van der Waals surface area (Å²) in [5, 5.41) is 24.5. The smallest absolute Gasteiger partial charge is 0.352 e. The minimum absolute atomic E-state index is 0.0985. The molecule has 2 atom stereocenters. The van der Waals surface area contributed by atoms with Gasteiger partial charge >= 0.3 is 5.97 Å². The van der Waals surface area contributed by atoms with Crippen molar-refractivity contribution in [2.45, 2.75) is 32.0 Å². The molecule has 0 spiro atoms. The summed E-state index contributed by atoms with van der Waals surface area (Å²) in [4.78, 5) is 12.1. The Bertz CT molecular complexity index is 1530. The van der Waals surface area contributed by atoms with Crippen LogP contribution >= 0.6 is 0 Å². The number of rotatable bonds is 11. The second-order valence-corrected chi connectivity index (χ2v) is 11.7. The van der Waals surface area contributed by atoms with E-state index in [4.69, 9.17) is 0 Å². The molecule has 0 saturated carbocycles. The Morgan fingerprint density at radius 3 is 2.42 bits per heavy atom. The van der Waals surface area contributed by atoms with Crippen LogP contribution in [0.15, 0.2) is 78.9 Å². The zero-order chi connectivity index (χ0) is 27.4. The zero-order valence-electron chi connectivity index (χ0n) is 21.7. The molecule has 0 saturated heterocycles. The van der Waals surface area contributed by atoms with Crippen LogP contribution in [0.5, 0.6) is 0 Å². The lowest BCUT2D eigenvalue weighted by molar-refractivity contribution is 0.0686. The van der Waals surface area contributed by atoms with Gasteiger partial charge in [0, 0.05) is 37.1 Å². The van der Waals surface area contributed by atoms with E-state index in [1.54, 1.807) is 28.8 Å². The van der Waals surface area contributed by atoms with E-state index >= 15 is 0 Å². The molecule has 8 nitrogen and oxygen atoms in total. The number of aliphatic hydroxyl groups excluding tert-OH is 1. The van der Waals surface area contributed by atoms with Crippen LogP contribution in [0.25, 0.3) is 10.9 Å². The average molecular weight is 536 g/mol. The highest BCUT2D eigenvalue weighted by atomic mass is 32.2. The maximum absolute atomic E-state index is 12.1. The molecular formula is C29H33N3O5S. The SMILES string of the molecule is CC(Cc1ccc2c(c1)cc(C(=O)O)n2Cc1cccc(N(C)S(C)(=O)=O)c1)NCC(O)c1ccccc1. The fourth-order valence-corrected chi connectivity index (χ4v) is 5.05. The van der Waals surface area contributed by atoms with Gasteiger partial charge in [-0.25, -0.2) is 13.2 Å². The summed E-state index contributed by atoms with van der Waals surface area (Å²) in [7, 11) is -1.93. The third-order valence-electron chi connectivity index (χ3n) is 6.68. The van der Waals surface area contributed by atoms with Gasteiger partial charge in [0.2, 0.25) is 10.0 Å². The number of carboxylic acids is 1. The lowest BCUT2D eigenvalue weighted by Crippen LogP contribution is -2.32. The number of anilines is 1. The van der Waals surface area contributed by atoms with E-state index < -0.39 is 22.1 Å². The van der Waals surface area contributed by atoms with Crippen LogP contribution in [0.1, 0.15) is 40.2 Å². The molecule has 0 bridgehead atoms. The fraction of sp³-hybridized carbons (Fsp3) is 0.276. The third-order valence-corrected chi connectivity index (χ3v) is 7.89. The minimum atomic E-state index is -3.42. The highest BCUT2D eigenvalue weighted by Gasteiger charge is 2.18. The predicted molar refractivity (Wildman–Crippen MR) is 150 cm³/mol. The lowest BCUT2D eigenvalue weighted by atomic mass is 10.0. The van der Waals surface area contributed by atoms with E-state index in [9.17, 15) is 23.4 Å². The summed E-state index contributed by atoms with van der Waals surface area (Å²) in [5.41, 5.74) is 4.17. The van der Waals surface area contributed by atoms with Crippen molar-refractivity contribution >= 4 is 32.6 Å². The number of hydrogen-bond donors (Lipinski definition) is 3. The van der Waals surface area contributed by atoms with E-state index in [1.807, 2.05) is 54.6 Å². The van der Waals surface area contributed by atoms with Gasteiger partial charge in [0.15, 0.2) is 0 Å². The zero-order valence-corrected chi connectivity index (χ0v) is 22.5. The van der Waals surface area contributed by atoms with Crippen LogP contribution in [0.2, 0.25) is 0 Å². The standard InChI is InChI=1S/C29H33N3O5S/c1-20(30-18-28(33)23-9-5-4-6-10-23)14-21-12-13-26-24(15-21)17-27(29(34)35)32(26)19-22-8-7-11-25(16-22)31(2)38(3,36)37/h4-13,15-17,20,28,30,33H,14,18-19H2,1-3H3,(H,34,35). The molecule has 0 aliphatic carbocycles. The van der Waals surface area contributed by atoms with Gasteiger partial charge in [-0.1, -0.05) is 48.5 Å². The quantitative estimate of drug-likeness (QED) is 0.267. The molecule has 9 heteroatoms. The van der Waals surface area contributed by atoms with Gasteiger partial charge in [0.1, 0.15) is 5.69 Å². The van der Waals surface area contributed by atoms with Crippen molar-refractivity contribution in [1.82, 2.24) is 9.88 Å². The van der Waals surface area contributed by atoms with Crippen molar-refractivity contribution in [2.75, 3.05) is 24.2 Å². The molecule has 38 heavy (non-hydrogen) atoms. The summed E-state index contributed by atoms with van der Waals surface area (Å²) >= 11 is 0. The maximum Gasteiger partial charge on any atom is 0.352 e. The van der Waals surface area contributed by atoms with E-state index in [-0.39, 0.29) is 18.3 Å². The number of carbonyl (C=O) groups is 1. The molecule has 0 aliphatic heterocycles. The number of aliphatic hydroxyl groups is 1. The van der Waals surface area contributed by atoms with Crippen LogP contribution in [0.3, 0.4) is 0 Å². The molecule has 4 aromatic rings. The number of aromatic carboxylic acids is 1. The fourth-order valence-electron chi connectivity index (χ4n) is 4.55. The second-order valence-electron chi connectivity index (χ2n) is 9.65. The molecule has 0 aliphatic rings. The molecule has 200 valence electrons. The van der Waals surface area contributed by atoms with Crippen molar-refractivity contribution in [3.05, 3.63) is 101 Å². The second kappa shape index (κ2) is 11.4. The van der Waals surface area contributed by atoms with Gasteiger partial charge in [-0.05, 0) is 60.4 Å². The number of nitrogens with zero attached hydrogens (tertiary/aromatic N) is 2. The topological polar surface area (TPSA) is 112 Å². The first kappa shape index (κ1) is 27.4. The molecule has 2 unspecified atom stereocenters. The molecule has 3 aromatic carbocycles. The van der Waals surface area contributed by atoms with Gasteiger partial charge < -0.3 is 20.1 Å². The van der Waals surface area contributed by atoms with Gasteiger partial charge in [-0.3, -0.25) is 4.31 Å². The summed E-state index contributed by atoms with van der Waals surface area (Å²) < 4.78 is 26.8. The number of benzene rings is 3. The first-order valence-corrected chi connectivity index (χ1v) is 14.2. The van der Waals surface area contributed by atoms with E-state index in [0.717, 1.165) is 33.8 Å². The number of nitrogens with one attached hydrogen (secondary N) is 1. The van der Waals surface area contributed by atoms with E-state index in [1.165, 1.54) is 11.4 Å². The van der Waals surface area contributed by atoms with Crippen LogP contribution in [-0.2, 0) is 23.0 Å². The Morgan fingerprint density at radius 2 is 1.74 bits per heavy atom. The Labute approximate surface area is 223 Å². The van der Waals surface area contributed by atoms with Crippen molar-refractivity contribution in [2.24, 2.45) is 0 Å². The average Bonchev–Trinajstić information content (AvgIpc) is 3.24. The number of hydrogen-bond acceptors (Lipinski definition) is 5. The molecule has 0 amide bonds. The molecule has 1 heterocycles. The molecule has 0 fully saturated rings. The summed E-state index contributed by atoms with van der Waals surface area (Å²) in [6, 6.07) is 24.3. The summed E-state index contributed by atoms with van der Waals surface area (Å²) in [5.74, 6) is -1.03. The first-order chi connectivity index (χ1) is 18.0. The number of aromatic nitrogens is 1. The maximum atomic E-state index is 12.1. The molecular weight excluding hydrogens is 502 g/mol. The third kappa shape index (κ3) is 6.42. The molecule has 1 aromatic heterocycles. The Hall–Kier alpha value is -3.66. The Morgan fingerprint density at radius 1 is 1.00 bits per heavy atom. The van der Waals surface area contributed by atoms with Crippen molar-refractivity contribution < 1.29 is 23.4 Å². The molecule has 3 N–H and O–H groups in total. The van der Waals surface area contributed by atoms with Gasteiger partial charge in [-0.15, -0.1) is 0 Å². The minimum Gasteiger partial charge on any atom is -0.477 e. The van der Waals surface area contributed by atoms with Crippen LogP contribution in [-0.4, -0.2) is 55.1 Å². The van der Waals surface area contributed by atoms with Crippen molar-refractivity contribution in [3.8, 4) is 0 Å². The highest BCUT2D eigenvalue weighted by Crippen LogP contribution is 2.25. The number of fused-ring (bicyclic) bond motifs is 1. The predicted octanol–water partition coefficient (Wildman–Crippen LogP) is 4.04. The number of sulfonamides is 1. The van der Waals surface area contributed by atoms with Gasteiger partial charge in [0.25, 0.3) is 0 Å². The van der Waals surface area contributed by atoms with Crippen LogP contribution in [0, 0.1) is 0 Å². The monoisotopic (exact) mass is 535 g/mol. The summed E-state index contributed by atoms with van der Waals surface area (Å²) in [6.07, 6.45) is 1.26. The van der Waals surface area contributed by atoms with E-state index in [0.29, 0.717) is 18.7 Å². The number of carboxylic acid groups (broad SMARTS) is 1. The van der Waals surface area contributed by atoms with Crippen molar-refractivity contribution in [3.63, 3.8) is 0 Å². The Balaban J connectivity index is 1.52. The van der Waals surface area contributed by atoms with Crippen LogP contribution < -0.4 is 9.62 Å². The van der Waals surface area contributed by atoms with Gasteiger partial charge in [0.05, 0.1) is 18.0 Å². The normalized spacial score (nSPS) is 13.4. The Kier molecular flexibility index (Phi) is 8.20. The highest BCUT2D eigenvalue weighted by molar-refractivity contribution is 7.92. The molecule has 4 rings (SSSR count). The summed E-state index contributed by atoms with van der Waals surface area (Å²) in [6.45, 7) is 2.77. The van der Waals surface area contributed by atoms with Gasteiger partial charge in [-0.2, -0.15) is 0 Å². The largest absolute Gasteiger partial charge is 0.477 e. The first-order valence-electron chi connectivity index (χ1n) is 12.4. The van der Waals surface area contributed by atoms with E-state index in [2.05, 4.69) is 12.2 Å². The van der Waals surface area contributed by atoms with Crippen LogP contribution in [0.4, 0.5) is 5.69 Å².